The first-order valence-corrected chi connectivity index (χ1v) is 6.39. The fourth-order valence-electron chi connectivity index (χ4n) is 2.82. The minimum atomic E-state index is -0.347. The van der Waals surface area contributed by atoms with Crippen LogP contribution in [0.2, 0.25) is 0 Å². The molecule has 18 heavy (non-hydrogen) atoms. The highest BCUT2D eigenvalue weighted by molar-refractivity contribution is 5.71. The number of hydrogen-bond donors (Lipinski definition) is 2. The zero-order valence-corrected chi connectivity index (χ0v) is 10.2. The van der Waals surface area contributed by atoms with Crippen LogP contribution in [0, 0.1) is 0 Å². The summed E-state index contributed by atoms with van der Waals surface area (Å²) < 4.78 is 5.56. The lowest BCUT2D eigenvalue weighted by atomic mass is 9.83. The van der Waals surface area contributed by atoms with Gasteiger partial charge in [-0.05, 0) is 25.2 Å². The first-order valence-electron chi connectivity index (χ1n) is 6.39. The Morgan fingerprint density at radius 1 is 1.39 bits per heavy atom. The van der Waals surface area contributed by atoms with Crippen molar-refractivity contribution in [3.05, 3.63) is 30.1 Å². The molecule has 1 atom stereocenters. The SMILES string of the molecule is O=C1NC(Cc2ccccn2)C2(CCNCC2)O1. The molecular weight excluding hydrogens is 230 g/mol. The van der Waals surface area contributed by atoms with E-state index in [9.17, 15) is 4.79 Å². The molecule has 1 aromatic rings. The van der Waals surface area contributed by atoms with Crippen molar-refractivity contribution in [2.24, 2.45) is 0 Å². The number of ether oxygens (including phenoxy) is 1. The Labute approximate surface area is 106 Å². The van der Waals surface area contributed by atoms with Crippen LogP contribution >= 0.6 is 0 Å². The molecule has 0 aliphatic carbocycles. The van der Waals surface area contributed by atoms with Crippen molar-refractivity contribution in [2.45, 2.75) is 30.9 Å². The molecule has 3 heterocycles. The van der Waals surface area contributed by atoms with Gasteiger partial charge in [-0.3, -0.25) is 4.98 Å². The summed E-state index contributed by atoms with van der Waals surface area (Å²) >= 11 is 0. The van der Waals surface area contributed by atoms with Crippen LogP contribution in [-0.4, -0.2) is 35.8 Å². The highest BCUT2D eigenvalue weighted by Crippen LogP contribution is 2.33. The predicted octanol–water partition coefficient (Wildman–Crippen LogP) is 0.855. The molecule has 2 aliphatic rings. The molecule has 0 radical (unpaired) electrons. The third-order valence-electron chi connectivity index (χ3n) is 3.81. The lowest BCUT2D eigenvalue weighted by Crippen LogP contribution is -2.51. The number of pyridine rings is 1. The van der Waals surface area contributed by atoms with Gasteiger partial charge in [-0.2, -0.15) is 0 Å². The van der Waals surface area contributed by atoms with E-state index in [0.29, 0.717) is 0 Å². The summed E-state index contributed by atoms with van der Waals surface area (Å²) in [5, 5.41) is 6.23. The maximum atomic E-state index is 11.5. The quantitative estimate of drug-likeness (QED) is 0.813. The summed E-state index contributed by atoms with van der Waals surface area (Å²) in [6, 6.07) is 5.88. The van der Waals surface area contributed by atoms with Gasteiger partial charge < -0.3 is 15.4 Å². The maximum absolute atomic E-state index is 11.5. The molecule has 2 N–H and O–H groups in total. The van der Waals surface area contributed by atoms with E-state index in [1.54, 1.807) is 6.20 Å². The number of piperidine rings is 1. The Morgan fingerprint density at radius 2 is 2.22 bits per heavy atom. The topological polar surface area (TPSA) is 63.2 Å². The lowest BCUT2D eigenvalue weighted by Gasteiger charge is -2.36. The fourth-order valence-corrected chi connectivity index (χ4v) is 2.82. The molecule has 1 spiro atoms. The van der Waals surface area contributed by atoms with Crippen LogP contribution in [0.4, 0.5) is 4.79 Å². The summed E-state index contributed by atoms with van der Waals surface area (Å²) in [5.41, 5.74) is 0.644. The second-order valence-electron chi connectivity index (χ2n) is 4.93. The van der Waals surface area contributed by atoms with E-state index in [2.05, 4.69) is 15.6 Å². The number of nitrogens with one attached hydrogen (secondary N) is 2. The highest BCUT2D eigenvalue weighted by atomic mass is 16.6. The smallest absolute Gasteiger partial charge is 0.408 e. The molecule has 1 amide bonds. The Hall–Kier alpha value is -1.62. The number of rotatable bonds is 2. The van der Waals surface area contributed by atoms with Gasteiger partial charge in [0.15, 0.2) is 0 Å². The minimum Gasteiger partial charge on any atom is -0.441 e. The fraction of sp³-hybridized carbons (Fsp3) is 0.538. The molecule has 3 rings (SSSR count). The van der Waals surface area contributed by atoms with E-state index in [1.807, 2.05) is 18.2 Å². The van der Waals surface area contributed by atoms with Gasteiger partial charge >= 0.3 is 6.09 Å². The molecule has 2 aliphatic heterocycles. The summed E-state index contributed by atoms with van der Waals surface area (Å²) in [4.78, 5) is 15.9. The second-order valence-corrected chi connectivity index (χ2v) is 4.93. The summed E-state index contributed by atoms with van der Waals surface area (Å²) in [5.74, 6) is 0. The van der Waals surface area contributed by atoms with Crippen molar-refractivity contribution in [1.29, 1.82) is 0 Å². The van der Waals surface area contributed by atoms with Crippen LogP contribution in [0.25, 0.3) is 0 Å². The molecule has 2 fully saturated rings. The first-order chi connectivity index (χ1) is 8.78. The number of alkyl carbamates (subject to hydrolysis) is 1. The summed E-state index contributed by atoms with van der Waals surface area (Å²) in [6.07, 6.45) is 3.94. The van der Waals surface area contributed by atoms with Crippen LogP contribution in [0.1, 0.15) is 18.5 Å². The maximum Gasteiger partial charge on any atom is 0.408 e. The van der Waals surface area contributed by atoms with Gasteiger partial charge in [0.2, 0.25) is 0 Å². The summed E-state index contributed by atoms with van der Waals surface area (Å²) in [7, 11) is 0. The van der Waals surface area contributed by atoms with Crippen LogP contribution < -0.4 is 10.6 Å². The molecule has 2 saturated heterocycles. The number of hydrogen-bond acceptors (Lipinski definition) is 4. The highest BCUT2D eigenvalue weighted by Gasteiger charge is 2.49. The van der Waals surface area contributed by atoms with E-state index in [0.717, 1.165) is 38.0 Å². The standard InChI is InChI=1S/C13H17N3O2/c17-12-16-11(9-10-3-1-2-6-15-10)13(18-12)4-7-14-8-5-13/h1-3,6,11,14H,4-5,7-9H2,(H,16,17). The van der Waals surface area contributed by atoms with Crippen LogP contribution in [0.15, 0.2) is 24.4 Å². The molecule has 5 nitrogen and oxygen atoms in total. The van der Waals surface area contributed by atoms with E-state index in [4.69, 9.17) is 4.74 Å². The zero-order valence-electron chi connectivity index (χ0n) is 10.2. The van der Waals surface area contributed by atoms with E-state index >= 15 is 0 Å². The second kappa shape index (κ2) is 4.57. The Morgan fingerprint density at radius 3 is 2.94 bits per heavy atom. The zero-order chi connectivity index (χ0) is 12.4. The lowest BCUT2D eigenvalue weighted by molar-refractivity contribution is 0.0101. The molecule has 0 saturated carbocycles. The number of amides is 1. The van der Waals surface area contributed by atoms with Crippen LogP contribution in [0.5, 0.6) is 0 Å². The molecule has 1 aromatic heterocycles. The van der Waals surface area contributed by atoms with Gasteiger partial charge in [0.1, 0.15) is 5.60 Å². The number of nitrogens with zero attached hydrogens (tertiary/aromatic N) is 1. The van der Waals surface area contributed by atoms with Gasteiger partial charge in [0, 0.05) is 31.2 Å². The molecule has 0 aromatic carbocycles. The van der Waals surface area contributed by atoms with Crippen molar-refractivity contribution in [1.82, 2.24) is 15.6 Å². The van der Waals surface area contributed by atoms with E-state index in [-0.39, 0.29) is 17.7 Å². The molecular formula is C13H17N3O2. The molecule has 96 valence electrons. The first kappa shape index (κ1) is 11.5. The third-order valence-corrected chi connectivity index (χ3v) is 3.81. The Balaban J connectivity index is 1.79. The van der Waals surface area contributed by atoms with Gasteiger partial charge in [-0.25, -0.2) is 4.79 Å². The van der Waals surface area contributed by atoms with E-state index < -0.39 is 0 Å². The van der Waals surface area contributed by atoms with Gasteiger partial charge in [-0.1, -0.05) is 6.07 Å². The van der Waals surface area contributed by atoms with Gasteiger partial charge in [0.05, 0.1) is 6.04 Å². The molecule has 5 heteroatoms. The molecule has 1 unspecified atom stereocenters. The average molecular weight is 247 g/mol. The van der Waals surface area contributed by atoms with Crippen molar-refractivity contribution >= 4 is 6.09 Å². The number of carbonyl (C=O) groups excluding carboxylic acids is 1. The largest absolute Gasteiger partial charge is 0.441 e. The van der Waals surface area contributed by atoms with Gasteiger partial charge in [-0.15, -0.1) is 0 Å². The van der Waals surface area contributed by atoms with Crippen molar-refractivity contribution in [3.63, 3.8) is 0 Å². The number of carbonyl (C=O) groups is 1. The van der Waals surface area contributed by atoms with Crippen molar-refractivity contribution in [3.8, 4) is 0 Å². The van der Waals surface area contributed by atoms with Gasteiger partial charge in [0.25, 0.3) is 0 Å². The average Bonchev–Trinajstić information content (AvgIpc) is 2.67. The van der Waals surface area contributed by atoms with E-state index in [1.165, 1.54) is 0 Å². The van der Waals surface area contributed by atoms with Crippen LogP contribution in [-0.2, 0) is 11.2 Å². The van der Waals surface area contributed by atoms with Crippen LogP contribution in [0.3, 0.4) is 0 Å². The molecule has 0 bridgehead atoms. The Bertz CT molecular complexity index is 429. The minimum absolute atomic E-state index is 0.0296. The third kappa shape index (κ3) is 2.06. The normalized spacial score (nSPS) is 25.8. The van der Waals surface area contributed by atoms with Crippen molar-refractivity contribution < 1.29 is 9.53 Å². The predicted molar refractivity (Wildman–Crippen MR) is 66.2 cm³/mol. The van der Waals surface area contributed by atoms with Crippen molar-refractivity contribution in [2.75, 3.05) is 13.1 Å². The monoisotopic (exact) mass is 247 g/mol. The number of aromatic nitrogens is 1. The Kier molecular flexibility index (Phi) is 2.91. The summed E-state index contributed by atoms with van der Waals surface area (Å²) in [6.45, 7) is 1.79.